The summed E-state index contributed by atoms with van der Waals surface area (Å²) in [5.74, 6) is 1.81. The summed E-state index contributed by atoms with van der Waals surface area (Å²) in [7, 11) is 0. The van der Waals surface area contributed by atoms with E-state index in [-0.39, 0.29) is 5.75 Å². The van der Waals surface area contributed by atoms with Gasteiger partial charge in [0.2, 0.25) is 11.7 Å². The van der Waals surface area contributed by atoms with Gasteiger partial charge in [-0.15, -0.1) is 0 Å². The molecular formula is C13H15N3O2. The molecule has 5 heteroatoms. The minimum absolute atomic E-state index is 0.209. The zero-order valence-electron chi connectivity index (χ0n) is 9.97. The fourth-order valence-electron chi connectivity index (χ4n) is 2.23. The minimum Gasteiger partial charge on any atom is -0.508 e. The SMILES string of the molecule is Oc1cccc(-c2noc(C3CCNCC3)n2)c1. The molecule has 18 heavy (non-hydrogen) atoms. The van der Waals surface area contributed by atoms with Crippen molar-refractivity contribution >= 4 is 0 Å². The van der Waals surface area contributed by atoms with Crippen LogP contribution in [0.2, 0.25) is 0 Å². The number of nitrogens with one attached hydrogen (secondary N) is 1. The Labute approximate surface area is 105 Å². The average molecular weight is 245 g/mol. The van der Waals surface area contributed by atoms with Crippen molar-refractivity contribution in [2.75, 3.05) is 13.1 Å². The van der Waals surface area contributed by atoms with E-state index in [1.165, 1.54) is 0 Å². The van der Waals surface area contributed by atoms with Crippen LogP contribution in [0.1, 0.15) is 24.7 Å². The highest BCUT2D eigenvalue weighted by atomic mass is 16.5. The van der Waals surface area contributed by atoms with E-state index in [1.807, 2.05) is 6.07 Å². The normalized spacial score (nSPS) is 16.9. The smallest absolute Gasteiger partial charge is 0.230 e. The molecule has 0 aliphatic carbocycles. The maximum absolute atomic E-state index is 9.44. The van der Waals surface area contributed by atoms with E-state index in [0.29, 0.717) is 17.6 Å². The Morgan fingerprint density at radius 3 is 2.89 bits per heavy atom. The molecule has 94 valence electrons. The van der Waals surface area contributed by atoms with Gasteiger partial charge in [0.15, 0.2) is 0 Å². The largest absolute Gasteiger partial charge is 0.508 e. The van der Waals surface area contributed by atoms with Crippen molar-refractivity contribution in [1.82, 2.24) is 15.5 Å². The lowest BCUT2D eigenvalue weighted by Crippen LogP contribution is -2.26. The monoisotopic (exact) mass is 245 g/mol. The first-order valence-electron chi connectivity index (χ1n) is 6.16. The van der Waals surface area contributed by atoms with E-state index in [4.69, 9.17) is 4.52 Å². The predicted octanol–water partition coefficient (Wildman–Crippen LogP) is 1.91. The van der Waals surface area contributed by atoms with Crippen LogP contribution in [0.25, 0.3) is 11.4 Å². The van der Waals surface area contributed by atoms with Gasteiger partial charge in [0.25, 0.3) is 0 Å². The zero-order chi connectivity index (χ0) is 12.4. The summed E-state index contributed by atoms with van der Waals surface area (Å²) < 4.78 is 5.33. The molecule has 0 amide bonds. The van der Waals surface area contributed by atoms with Gasteiger partial charge in [0.1, 0.15) is 5.75 Å². The summed E-state index contributed by atoms with van der Waals surface area (Å²) in [6.07, 6.45) is 2.06. The van der Waals surface area contributed by atoms with Crippen LogP contribution in [-0.4, -0.2) is 28.3 Å². The first kappa shape index (κ1) is 11.2. The van der Waals surface area contributed by atoms with E-state index in [9.17, 15) is 5.11 Å². The van der Waals surface area contributed by atoms with Crippen LogP contribution in [0.15, 0.2) is 28.8 Å². The Hall–Kier alpha value is -1.88. The van der Waals surface area contributed by atoms with Crippen molar-refractivity contribution in [3.63, 3.8) is 0 Å². The van der Waals surface area contributed by atoms with Crippen LogP contribution in [0.5, 0.6) is 5.75 Å². The molecule has 0 saturated carbocycles. The summed E-state index contributed by atoms with van der Waals surface area (Å²) >= 11 is 0. The Balaban J connectivity index is 1.84. The van der Waals surface area contributed by atoms with Crippen molar-refractivity contribution < 1.29 is 9.63 Å². The third-order valence-corrected chi connectivity index (χ3v) is 3.23. The van der Waals surface area contributed by atoms with E-state index < -0.39 is 0 Å². The van der Waals surface area contributed by atoms with Crippen LogP contribution >= 0.6 is 0 Å². The molecule has 2 heterocycles. The van der Waals surface area contributed by atoms with E-state index in [0.717, 1.165) is 31.5 Å². The molecule has 0 atom stereocenters. The quantitative estimate of drug-likeness (QED) is 0.845. The highest BCUT2D eigenvalue weighted by molar-refractivity contribution is 5.56. The Kier molecular flexibility index (Phi) is 2.98. The number of phenolic OH excluding ortho intramolecular Hbond substituents is 1. The molecule has 0 radical (unpaired) electrons. The molecule has 0 unspecified atom stereocenters. The van der Waals surface area contributed by atoms with Gasteiger partial charge in [-0.25, -0.2) is 0 Å². The van der Waals surface area contributed by atoms with Gasteiger partial charge in [0.05, 0.1) is 0 Å². The molecule has 2 N–H and O–H groups in total. The number of piperidine rings is 1. The predicted molar refractivity (Wildman–Crippen MR) is 66.2 cm³/mol. The summed E-state index contributed by atoms with van der Waals surface area (Å²) in [6.45, 7) is 1.99. The average Bonchev–Trinajstić information content (AvgIpc) is 2.89. The second-order valence-electron chi connectivity index (χ2n) is 4.53. The maximum atomic E-state index is 9.44. The van der Waals surface area contributed by atoms with Crippen LogP contribution in [0, 0.1) is 0 Å². The minimum atomic E-state index is 0.209. The van der Waals surface area contributed by atoms with Crippen LogP contribution in [0.3, 0.4) is 0 Å². The Morgan fingerprint density at radius 1 is 1.28 bits per heavy atom. The standard InChI is InChI=1S/C13H15N3O2/c17-11-3-1-2-10(8-11)12-15-13(18-16-12)9-4-6-14-7-5-9/h1-3,8-9,14,17H,4-7H2. The van der Waals surface area contributed by atoms with E-state index in [2.05, 4.69) is 15.5 Å². The van der Waals surface area contributed by atoms with Gasteiger partial charge < -0.3 is 14.9 Å². The molecule has 0 spiro atoms. The number of aromatic nitrogens is 2. The highest BCUT2D eigenvalue weighted by Crippen LogP contribution is 2.26. The third-order valence-electron chi connectivity index (χ3n) is 3.23. The molecule has 1 saturated heterocycles. The lowest BCUT2D eigenvalue weighted by molar-refractivity contribution is 0.320. The zero-order valence-corrected chi connectivity index (χ0v) is 9.97. The van der Waals surface area contributed by atoms with Crippen molar-refractivity contribution in [1.29, 1.82) is 0 Å². The topological polar surface area (TPSA) is 71.2 Å². The van der Waals surface area contributed by atoms with Crippen LogP contribution in [0.4, 0.5) is 0 Å². The van der Waals surface area contributed by atoms with Crippen LogP contribution in [-0.2, 0) is 0 Å². The lowest BCUT2D eigenvalue weighted by Gasteiger charge is -2.18. The molecule has 1 aliphatic heterocycles. The number of hydrogen-bond donors (Lipinski definition) is 2. The first-order chi connectivity index (χ1) is 8.83. The molecule has 1 aliphatic rings. The number of benzene rings is 1. The number of rotatable bonds is 2. The van der Waals surface area contributed by atoms with Crippen molar-refractivity contribution in [2.45, 2.75) is 18.8 Å². The summed E-state index contributed by atoms with van der Waals surface area (Å²) in [4.78, 5) is 4.43. The lowest BCUT2D eigenvalue weighted by atomic mass is 9.98. The van der Waals surface area contributed by atoms with Gasteiger partial charge in [0, 0.05) is 11.5 Å². The van der Waals surface area contributed by atoms with Crippen LogP contribution < -0.4 is 5.32 Å². The molecule has 0 bridgehead atoms. The highest BCUT2D eigenvalue weighted by Gasteiger charge is 2.21. The summed E-state index contributed by atoms with van der Waals surface area (Å²) in [6, 6.07) is 6.89. The van der Waals surface area contributed by atoms with Gasteiger partial charge >= 0.3 is 0 Å². The van der Waals surface area contributed by atoms with E-state index >= 15 is 0 Å². The summed E-state index contributed by atoms with van der Waals surface area (Å²) in [5.41, 5.74) is 0.777. The summed E-state index contributed by atoms with van der Waals surface area (Å²) in [5, 5.41) is 16.7. The molecule has 1 fully saturated rings. The first-order valence-corrected chi connectivity index (χ1v) is 6.16. The second kappa shape index (κ2) is 4.78. The molecule has 1 aromatic carbocycles. The Morgan fingerprint density at radius 2 is 2.11 bits per heavy atom. The Bertz CT molecular complexity index is 533. The fourth-order valence-corrected chi connectivity index (χ4v) is 2.23. The molecular weight excluding hydrogens is 230 g/mol. The van der Waals surface area contributed by atoms with E-state index in [1.54, 1.807) is 18.2 Å². The maximum Gasteiger partial charge on any atom is 0.230 e. The fraction of sp³-hybridized carbons (Fsp3) is 0.385. The van der Waals surface area contributed by atoms with Gasteiger partial charge in [-0.2, -0.15) is 4.98 Å². The number of nitrogens with zero attached hydrogens (tertiary/aromatic N) is 2. The molecule has 2 aromatic rings. The number of phenols is 1. The van der Waals surface area contributed by atoms with Gasteiger partial charge in [-0.1, -0.05) is 17.3 Å². The molecule has 5 nitrogen and oxygen atoms in total. The van der Waals surface area contributed by atoms with Crippen molar-refractivity contribution in [2.24, 2.45) is 0 Å². The van der Waals surface area contributed by atoms with Crippen molar-refractivity contribution in [3.05, 3.63) is 30.2 Å². The second-order valence-corrected chi connectivity index (χ2v) is 4.53. The number of aromatic hydroxyl groups is 1. The van der Waals surface area contributed by atoms with Crippen molar-refractivity contribution in [3.8, 4) is 17.1 Å². The van der Waals surface area contributed by atoms with Gasteiger partial charge in [-0.3, -0.25) is 0 Å². The molecule has 3 rings (SSSR count). The molecule has 1 aromatic heterocycles. The van der Waals surface area contributed by atoms with Gasteiger partial charge in [-0.05, 0) is 38.1 Å². The number of hydrogen-bond acceptors (Lipinski definition) is 5. The third kappa shape index (κ3) is 2.22.